The summed E-state index contributed by atoms with van der Waals surface area (Å²) < 4.78 is 15.3. The smallest absolute Gasteiger partial charge is 0.309 e. The molecule has 2 aromatic carbocycles. The van der Waals surface area contributed by atoms with Crippen LogP contribution in [0.3, 0.4) is 0 Å². The number of aromatic hydroxyl groups is 1. The number of benzene rings is 2. The van der Waals surface area contributed by atoms with Crippen molar-refractivity contribution in [1.82, 2.24) is 0 Å². The zero-order valence-corrected chi connectivity index (χ0v) is 17.7. The van der Waals surface area contributed by atoms with Gasteiger partial charge in [0.1, 0.15) is 23.0 Å². The molecule has 0 saturated carbocycles. The van der Waals surface area contributed by atoms with Crippen LogP contribution in [0.15, 0.2) is 18.2 Å². The minimum Gasteiger partial charge on any atom is -0.507 e. The average Bonchev–Trinajstić information content (AvgIpc) is 2.75. The van der Waals surface area contributed by atoms with E-state index in [0.29, 0.717) is 5.56 Å². The molecule has 1 aliphatic rings. The molecule has 0 heterocycles. The van der Waals surface area contributed by atoms with Gasteiger partial charge in [0.15, 0.2) is 5.78 Å². The Balaban J connectivity index is 2.29. The maximum Gasteiger partial charge on any atom is 0.309 e. The van der Waals surface area contributed by atoms with E-state index in [-0.39, 0.29) is 64.4 Å². The Kier molecular flexibility index (Phi) is 6.10. The van der Waals surface area contributed by atoms with Crippen molar-refractivity contribution in [3.8, 4) is 17.2 Å². The molecule has 0 bridgehead atoms. The van der Waals surface area contributed by atoms with E-state index in [4.69, 9.17) is 14.2 Å². The number of Topliss-reactive ketones (excluding diaryl/α,β-unsaturated/α-hetero) is 1. The van der Waals surface area contributed by atoms with Gasteiger partial charge in [0.05, 0.1) is 44.4 Å². The molecular weight excluding hydrogens is 404 g/mol. The third kappa shape index (κ3) is 3.76. The van der Waals surface area contributed by atoms with E-state index < -0.39 is 23.3 Å². The van der Waals surface area contributed by atoms with Crippen molar-refractivity contribution >= 4 is 23.3 Å². The number of ether oxygens (including phenoxy) is 3. The van der Waals surface area contributed by atoms with Crippen LogP contribution >= 0.6 is 0 Å². The molecule has 8 heteroatoms. The molecule has 2 aromatic rings. The first kappa shape index (κ1) is 22.0. The van der Waals surface area contributed by atoms with E-state index in [1.54, 1.807) is 0 Å². The second-order valence-corrected chi connectivity index (χ2v) is 7.12. The summed E-state index contributed by atoms with van der Waals surface area (Å²) in [5.74, 6) is -1.92. The third-order valence-electron chi connectivity index (χ3n) is 5.28. The fourth-order valence-corrected chi connectivity index (χ4v) is 3.75. The summed E-state index contributed by atoms with van der Waals surface area (Å²) in [5.41, 5.74) is 0.358. The van der Waals surface area contributed by atoms with Gasteiger partial charge in [-0.2, -0.15) is 0 Å². The van der Waals surface area contributed by atoms with Gasteiger partial charge in [0.2, 0.25) is 5.78 Å². The van der Waals surface area contributed by atoms with Gasteiger partial charge in [-0.1, -0.05) is 0 Å². The minimum atomic E-state index is -0.605. The molecule has 1 aliphatic carbocycles. The predicted molar refractivity (Wildman–Crippen MR) is 109 cm³/mol. The molecule has 0 amide bonds. The summed E-state index contributed by atoms with van der Waals surface area (Å²) >= 11 is 0. The van der Waals surface area contributed by atoms with Gasteiger partial charge in [-0.25, -0.2) is 0 Å². The Morgan fingerprint density at radius 2 is 1.52 bits per heavy atom. The topological polar surface area (TPSA) is 116 Å². The Hall–Kier alpha value is -3.68. The summed E-state index contributed by atoms with van der Waals surface area (Å²) in [5, 5.41) is 11.0. The summed E-state index contributed by atoms with van der Waals surface area (Å²) in [7, 11) is 3.96. The van der Waals surface area contributed by atoms with Crippen LogP contribution in [0.5, 0.6) is 17.2 Å². The SMILES string of the molecule is COC(=O)Cc1cc2c(c(O)c1CCC(C)=O)C(=O)c1c(OC)ccc(OC)c1C2=O. The Labute approximate surface area is 178 Å². The lowest BCUT2D eigenvalue weighted by molar-refractivity contribution is -0.139. The van der Waals surface area contributed by atoms with Crippen LogP contribution in [0, 0.1) is 0 Å². The Morgan fingerprint density at radius 3 is 2.03 bits per heavy atom. The molecule has 0 atom stereocenters. The number of phenols is 1. The number of ketones is 3. The maximum absolute atomic E-state index is 13.4. The first-order chi connectivity index (χ1) is 14.7. The van der Waals surface area contributed by atoms with Crippen LogP contribution in [0.2, 0.25) is 0 Å². The number of carbonyl (C=O) groups is 4. The fourth-order valence-electron chi connectivity index (χ4n) is 3.75. The van der Waals surface area contributed by atoms with E-state index in [1.165, 1.54) is 46.5 Å². The monoisotopic (exact) mass is 426 g/mol. The number of hydrogen-bond donors (Lipinski definition) is 1. The van der Waals surface area contributed by atoms with Gasteiger partial charge >= 0.3 is 5.97 Å². The van der Waals surface area contributed by atoms with E-state index in [2.05, 4.69) is 0 Å². The highest BCUT2D eigenvalue weighted by molar-refractivity contribution is 6.31. The highest BCUT2D eigenvalue weighted by Crippen LogP contribution is 2.43. The maximum atomic E-state index is 13.4. The fraction of sp³-hybridized carbons (Fsp3) is 0.304. The van der Waals surface area contributed by atoms with E-state index >= 15 is 0 Å². The zero-order chi connectivity index (χ0) is 22.9. The molecule has 0 aliphatic heterocycles. The van der Waals surface area contributed by atoms with Gasteiger partial charge in [-0.3, -0.25) is 14.4 Å². The van der Waals surface area contributed by atoms with Crippen molar-refractivity contribution in [2.75, 3.05) is 21.3 Å². The van der Waals surface area contributed by atoms with Gasteiger partial charge < -0.3 is 24.1 Å². The first-order valence-corrected chi connectivity index (χ1v) is 9.53. The highest BCUT2D eigenvalue weighted by atomic mass is 16.5. The molecule has 8 nitrogen and oxygen atoms in total. The van der Waals surface area contributed by atoms with Crippen molar-refractivity contribution in [2.45, 2.75) is 26.2 Å². The van der Waals surface area contributed by atoms with Gasteiger partial charge in [0, 0.05) is 12.0 Å². The molecule has 0 spiro atoms. The molecule has 0 aromatic heterocycles. The van der Waals surface area contributed by atoms with Crippen LogP contribution in [0.1, 0.15) is 56.3 Å². The van der Waals surface area contributed by atoms with Gasteiger partial charge in [-0.05, 0) is 42.7 Å². The highest BCUT2D eigenvalue weighted by Gasteiger charge is 2.38. The average molecular weight is 426 g/mol. The number of methoxy groups -OCH3 is 3. The zero-order valence-electron chi connectivity index (χ0n) is 17.7. The number of rotatable bonds is 7. The molecule has 162 valence electrons. The largest absolute Gasteiger partial charge is 0.507 e. The van der Waals surface area contributed by atoms with Crippen LogP contribution < -0.4 is 9.47 Å². The lowest BCUT2D eigenvalue weighted by Crippen LogP contribution is -2.24. The molecule has 1 N–H and O–H groups in total. The van der Waals surface area contributed by atoms with Crippen molar-refractivity contribution in [1.29, 1.82) is 0 Å². The summed E-state index contributed by atoms with van der Waals surface area (Å²) in [4.78, 5) is 50.2. The second kappa shape index (κ2) is 8.59. The second-order valence-electron chi connectivity index (χ2n) is 7.12. The van der Waals surface area contributed by atoms with Crippen molar-refractivity contribution in [3.05, 3.63) is 51.6 Å². The quantitative estimate of drug-likeness (QED) is 0.573. The first-order valence-electron chi connectivity index (χ1n) is 9.53. The van der Waals surface area contributed by atoms with Gasteiger partial charge in [0.25, 0.3) is 0 Å². The minimum absolute atomic E-state index is 0.00659. The third-order valence-corrected chi connectivity index (χ3v) is 5.28. The standard InChI is InChI=1S/C23H22O8/c1-11(24)5-6-13-12(10-17(25)31-4)9-14-18(21(13)26)23(28)20-16(30-3)8-7-15(29-2)19(20)22(14)27/h7-9,26H,5-6,10H2,1-4H3. The van der Waals surface area contributed by atoms with Gasteiger partial charge in [-0.15, -0.1) is 0 Å². The summed E-state index contributed by atoms with van der Waals surface area (Å²) in [6.45, 7) is 1.40. The van der Waals surface area contributed by atoms with Crippen LogP contribution in [0.4, 0.5) is 0 Å². The Bertz CT molecular complexity index is 1110. The van der Waals surface area contributed by atoms with E-state index in [0.717, 1.165) is 0 Å². The Morgan fingerprint density at radius 1 is 0.935 bits per heavy atom. The lowest BCUT2D eigenvalue weighted by atomic mass is 9.79. The van der Waals surface area contributed by atoms with Crippen molar-refractivity contribution < 1.29 is 38.5 Å². The van der Waals surface area contributed by atoms with Crippen LogP contribution in [-0.4, -0.2) is 49.8 Å². The lowest BCUT2D eigenvalue weighted by Gasteiger charge is -2.24. The summed E-state index contributed by atoms with van der Waals surface area (Å²) in [6.07, 6.45) is -0.0329. The number of carbonyl (C=O) groups excluding carboxylic acids is 4. The number of phenolic OH excluding ortho intramolecular Hbond substituents is 1. The van der Waals surface area contributed by atoms with Crippen molar-refractivity contribution in [3.63, 3.8) is 0 Å². The predicted octanol–water partition coefficient (Wildman–Crippen LogP) is 2.42. The molecule has 0 fully saturated rings. The molecule has 0 radical (unpaired) electrons. The molecule has 0 unspecified atom stereocenters. The van der Waals surface area contributed by atoms with Crippen LogP contribution in [-0.2, 0) is 27.2 Å². The molecule has 31 heavy (non-hydrogen) atoms. The van der Waals surface area contributed by atoms with E-state index in [9.17, 15) is 24.3 Å². The molecular formula is C23H22O8. The normalized spacial score (nSPS) is 12.1. The van der Waals surface area contributed by atoms with Crippen molar-refractivity contribution in [2.24, 2.45) is 0 Å². The number of esters is 1. The number of hydrogen-bond acceptors (Lipinski definition) is 8. The van der Waals surface area contributed by atoms with E-state index in [1.807, 2.05) is 0 Å². The number of fused-ring (bicyclic) bond motifs is 2. The molecule has 0 saturated heterocycles. The summed E-state index contributed by atoms with van der Waals surface area (Å²) in [6, 6.07) is 4.43. The molecule has 3 rings (SSSR count). The van der Waals surface area contributed by atoms with Crippen LogP contribution in [0.25, 0.3) is 0 Å².